The van der Waals surface area contributed by atoms with Crippen LogP contribution in [-0.2, 0) is 15.8 Å². The SMILES string of the molecule is COc1ccc(C(NC2=N[C@](C)(c3cc(-c4nc5ccc(Cl)cc5s4)ccc3F)C(F)(F)C(C)(C)OC2)(c2ccccc2)c2ccc(OC)cc2)cc1. The van der Waals surface area contributed by atoms with Gasteiger partial charge in [-0.15, -0.1) is 11.3 Å². The highest BCUT2D eigenvalue weighted by atomic mass is 35.5. The van der Waals surface area contributed by atoms with Crippen molar-refractivity contribution in [1.29, 1.82) is 0 Å². The number of fused-ring (bicyclic) bond motifs is 1. The van der Waals surface area contributed by atoms with Crippen molar-refractivity contribution < 1.29 is 27.4 Å². The maximum absolute atomic E-state index is 17.2. The number of nitrogens with one attached hydrogen (secondary N) is 1. The van der Waals surface area contributed by atoms with Crippen molar-refractivity contribution in [2.45, 2.75) is 43.4 Å². The quantitative estimate of drug-likeness (QED) is 0.157. The molecule has 1 aliphatic heterocycles. The highest BCUT2D eigenvalue weighted by molar-refractivity contribution is 7.21. The van der Waals surface area contributed by atoms with Crippen LogP contribution < -0.4 is 14.8 Å². The number of hydrogen-bond acceptors (Lipinski definition) is 7. The molecule has 5 aromatic carbocycles. The third-order valence-corrected chi connectivity index (χ3v) is 11.3. The van der Waals surface area contributed by atoms with Gasteiger partial charge < -0.3 is 19.5 Å². The molecule has 0 radical (unpaired) electrons. The predicted molar refractivity (Wildman–Crippen MR) is 205 cm³/mol. The van der Waals surface area contributed by atoms with Crippen molar-refractivity contribution in [3.63, 3.8) is 0 Å². The molecule has 1 aromatic heterocycles. The number of amidine groups is 1. The Hall–Kier alpha value is -4.90. The van der Waals surface area contributed by atoms with Crippen LogP contribution in [0.5, 0.6) is 11.5 Å². The Balaban J connectivity index is 1.45. The normalized spacial score (nSPS) is 18.2. The van der Waals surface area contributed by atoms with E-state index in [9.17, 15) is 0 Å². The van der Waals surface area contributed by atoms with E-state index in [-0.39, 0.29) is 18.0 Å². The third kappa shape index (κ3) is 6.32. The molecular formula is C42H37ClF3N3O3S. The molecule has 11 heteroatoms. The van der Waals surface area contributed by atoms with Crippen molar-refractivity contribution >= 4 is 39.0 Å². The first-order chi connectivity index (χ1) is 25.3. The van der Waals surface area contributed by atoms with Gasteiger partial charge in [-0.25, -0.2) is 18.2 Å². The largest absolute Gasteiger partial charge is 0.497 e. The van der Waals surface area contributed by atoms with Crippen molar-refractivity contribution in [3.8, 4) is 22.1 Å². The second-order valence-electron chi connectivity index (χ2n) is 13.5. The summed E-state index contributed by atoms with van der Waals surface area (Å²) in [7, 11) is 3.17. The van der Waals surface area contributed by atoms with Crippen LogP contribution in [0.15, 0.2) is 120 Å². The average molecular weight is 756 g/mol. The van der Waals surface area contributed by atoms with Gasteiger partial charge in [0.1, 0.15) is 45.9 Å². The molecule has 53 heavy (non-hydrogen) atoms. The summed E-state index contributed by atoms with van der Waals surface area (Å²) in [6.07, 6.45) is 0. The fraction of sp³-hybridized carbons (Fsp3) is 0.238. The molecule has 0 saturated carbocycles. The Kier molecular flexibility index (Phi) is 9.51. The summed E-state index contributed by atoms with van der Waals surface area (Å²) in [6.45, 7) is 3.55. The first-order valence-corrected chi connectivity index (χ1v) is 18.1. The van der Waals surface area contributed by atoms with E-state index in [0.717, 1.165) is 21.4 Å². The lowest BCUT2D eigenvalue weighted by atomic mass is 9.76. The molecular weight excluding hydrogens is 719 g/mol. The molecule has 7 rings (SSSR count). The molecule has 1 atom stereocenters. The lowest BCUT2D eigenvalue weighted by Crippen LogP contribution is -2.56. The van der Waals surface area contributed by atoms with Gasteiger partial charge in [-0.1, -0.05) is 66.2 Å². The standard InChI is InChI=1S/C42H37ClF3N3O3S/c1-39(2)42(45,46)40(3,33-23-26(11-21-34(33)44)38-47-35-22-16-30(43)24-36(35)53-38)48-37(25-52-39)49-41(27-9-7-6-8-10-27,28-12-17-31(50-4)18-13-28)29-14-19-32(51-5)20-15-29/h6-24H,25H2,1-5H3,(H,48,49)/t40-/m1/s1. The lowest BCUT2D eigenvalue weighted by Gasteiger charge is -2.42. The number of ether oxygens (including phenoxy) is 3. The predicted octanol–water partition coefficient (Wildman–Crippen LogP) is 10.4. The summed E-state index contributed by atoms with van der Waals surface area (Å²) >= 11 is 7.56. The number of alkyl halides is 2. The van der Waals surface area contributed by atoms with Crippen molar-refractivity contribution in [2.75, 3.05) is 20.8 Å². The first kappa shape index (κ1) is 36.5. The molecule has 6 aromatic rings. The summed E-state index contributed by atoms with van der Waals surface area (Å²) in [5.41, 5.74) is -2.53. The zero-order chi connectivity index (χ0) is 37.6. The molecule has 0 saturated heterocycles. The summed E-state index contributed by atoms with van der Waals surface area (Å²) < 4.78 is 68.3. The smallest absolute Gasteiger partial charge is 0.304 e. The van der Waals surface area contributed by atoms with E-state index in [4.69, 9.17) is 35.8 Å². The topological polar surface area (TPSA) is 65.0 Å². The Morgan fingerprint density at radius 3 is 2.00 bits per heavy atom. The fourth-order valence-electron chi connectivity index (χ4n) is 6.95. The monoisotopic (exact) mass is 755 g/mol. The van der Waals surface area contributed by atoms with Crippen LogP contribution in [0.1, 0.15) is 43.0 Å². The van der Waals surface area contributed by atoms with Crippen molar-refractivity contribution in [3.05, 3.63) is 148 Å². The first-order valence-electron chi connectivity index (χ1n) is 16.9. The van der Waals surface area contributed by atoms with E-state index in [2.05, 4.69) is 5.32 Å². The lowest BCUT2D eigenvalue weighted by molar-refractivity contribution is -0.214. The summed E-state index contributed by atoms with van der Waals surface area (Å²) in [6, 6.07) is 34.0. The van der Waals surface area contributed by atoms with E-state index < -0.39 is 28.4 Å². The molecule has 0 amide bonds. The number of thiazole rings is 1. The molecule has 6 nitrogen and oxygen atoms in total. The van der Waals surface area contributed by atoms with Gasteiger partial charge in [-0.3, -0.25) is 4.99 Å². The minimum atomic E-state index is -3.71. The molecule has 272 valence electrons. The van der Waals surface area contributed by atoms with E-state index >= 15 is 13.2 Å². The Labute approximate surface area is 315 Å². The molecule has 0 unspecified atom stereocenters. The van der Waals surface area contributed by atoms with Crippen LogP contribution in [0.4, 0.5) is 13.2 Å². The molecule has 1 aliphatic rings. The Bertz CT molecular complexity index is 2250. The maximum Gasteiger partial charge on any atom is 0.304 e. The molecule has 0 aliphatic carbocycles. The van der Waals surface area contributed by atoms with Crippen LogP contribution in [0, 0.1) is 5.82 Å². The van der Waals surface area contributed by atoms with Gasteiger partial charge in [0.2, 0.25) is 0 Å². The molecule has 0 fully saturated rings. The average Bonchev–Trinajstić information content (AvgIpc) is 3.57. The van der Waals surface area contributed by atoms with Crippen LogP contribution in [0.25, 0.3) is 20.8 Å². The van der Waals surface area contributed by atoms with Gasteiger partial charge in [0.25, 0.3) is 0 Å². The number of methoxy groups -OCH3 is 2. The number of aromatic nitrogens is 1. The van der Waals surface area contributed by atoms with Gasteiger partial charge in [-0.05, 0) is 98.1 Å². The highest BCUT2D eigenvalue weighted by Gasteiger charge is 2.64. The van der Waals surface area contributed by atoms with Gasteiger partial charge in [0.05, 0.1) is 24.4 Å². The van der Waals surface area contributed by atoms with Crippen molar-refractivity contribution in [1.82, 2.24) is 10.3 Å². The van der Waals surface area contributed by atoms with Crippen LogP contribution in [0.3, 0.4) is 0 Å². The van der Waals surface area contributed by atoms with E-state index in [1.807, 2.05) is 78.9 Å². The van der Waals surface area contributed by atoms with Crippen LogP contribution >= 0.6 is 22.9 Å². The van der Waals surface area contributed by atoms with Gasteiger partial charge in [0.15, 0.2) is 5.54 Å². The maximum atomic E-state index is 17.2. The summed E-state index contributed by atoms with van der Waals surface area (Å²) in [5.74, 6) is -3.17. The van der Waals surface area contributed by atoms with Gasteiger partial charge >= 0.3 is 5.92 Å². The molecule has 0 spiro atoms. The zero-order valence-electron chi connectivity index (χ0n) is 29.7. The Morgan fingerprint density at radius 1 is 0.792 bits per heavy atom. The van der Waals surface area contributed by atoms with Crippen LogP contribution in [-0.4, -0.2) is 43.2 Å². The number of nitrogens with zero attached hydrogens (tertiary/aromatic N) is 2. The Morgan fingerprint density at radius 2 is 1.40 bits per heavy atom. The molecule has 2 heterocycles. The number of benzene rings is 5. The van der Waals surface area contributed by atoms with Crippen LogP contribution in [0.2, 0.25) is 5.02 Å². The van der Waals surface area contributed by atoms with Gasteiger partial charge in [0, 0.05) is 16.1 Å². The van der Waals surface area contributed by atoms with Crippen molar-refractivity contribution in [2.24, 2.45) is 4.99 Å². The number of rotatable bonds is 8. The highest BCUT2D eigenvalue weighted by Crippen LogP contribution is 2.52. The minimum absolute atomic E-state index is 0.0904. The molecule has 0 bridgehead atoms. The zero-order valence-corrected chi connectivity index (χ0v) is 31.3. The van der Waals surface area contributed by atoms with Gasteiger partial charge in [-0.2, -0.15) is 0 Å². The number of halogens is 4. The van der Waals surface area contributed by atoms with E-state index in [0.29, 0.717) is 32.6 Å². The fourth-order valence-corrected chi connectivity index (χ4v) is 8.19. The summed E-state index contributed by atoms with van der Waals surface area (Å²) in [4.78, 5) is 9.51. The third-order valence-electron chi connectivity index (χ3n) is 9.97. The number of hydrogen-bond donors (Lipinski definition) is 1. The number of aliphatic imine (C=N–C) groups is 1. The second-order valence-corrected chi connectivity index (χ2v) is 15.0. The van der Waals surface area contributed by atoms with E-state index in [1.165, 1.54) is 50.3 Å². The summed E-state index contributed by atoms with van der Waals surface area (Å²) in [5, 5.41) is 4.67. The van der Waals surface area contributed by atoms with E-state index in [1.54, 1.807) is 32.4 Å². The second kappa shape index (κ2) is 13.8. The minimum Gasteiger partial charge on any atom is -0.497 e. The molecule has 1 N–H and O–H groups in total.